The molecule has 2 amide bonds. The van der Waals surface area contributed by atoms with Gasteiger partial charge in [0, 0.05) is 12.7 Å². The van der Waals surface area contributed by atoms with Crippen LogP contribution in [0.2, 0.25) is 0 Å². The van der Waals surface area contributed by atoms with Gasteiger partial charge in [-0.2, -0.15) is 0 Å². The molecule has 0 aromatic heterocycles. The van der Waals surface area contributed by atoms with Gasteiger partial charge >= 0.3 is 0 Å². The van der Waals surface area contributed by atoms with Crippen molar-refractivity contribution in [2.45, 2.75) is 18.6 Å². The van der Waals surface area contributed by atoms with Crippen LogP contribution in [-0.2, 0) is 20.7 Å². The van der Waals surface area contributed by atoms with Gasteiger partial charge in [-0.05, 0) is 23.3 Å². The number of anilines is 1. The van der Waals surface area contributed by atoms with E-state index in [-0.39, 0.29) is 18.4 Å². The Hall–Kier alpha value is -2.70. The summed E-state index contributed by atoms with van der Waals surface area (Å²) in [5, 5.41) is 13.4. The lowest BCUT2D eigenvalue weighted by atomic mass is 10.0. The maximum absolute atomic E-state index is 12.1. The second-order valence-electron chi connectivity index (χ2n) is 6.36. The lowest BCUT2D eigenvalue weighted by Gasteiger charge is -2.35. The van der Waals surface area contributed by atoms with Crippen LogP contribution in [0.25, 0.3) is 0 Å². The first-order valence-electron chi connectivity index (χ1n) is 8.50. The first-order valence-corrected chi connectivity index (χ1v) is 8.50. The molecule has 0 spiro atoms. The fraction of sp³-hybridized carbons (Fsp3) is 0.300. The number of hydrogen-bond donors (Lipinski definition) is 2. The highest BCUT2D eigenvalue weighted by Gasteiger charge is 2.32. The van der Waals surface area contributed by atoms with E-state index in [1.165, 1.54) is 4.90 Å². The van der Waals surface area contributed by atoms with Crippen molar-refractivity contribution >= 4 is 17.5 Å². The molecular weight excluding hydrogens is 332 g/mol. The highest BCUT2D eigenvalue weighted by atomic mass is 16.5. The van der Waals surface area contributed by atoms with Crippen molar-refractivity contribution in [3.8, 4) is 0 Å². The summed E-state index contributed by atoms with van der Waals surface area (Å²) in [5.74, 6) is -0.249. The number of aliphatic hydroxyl groups is 1. The number of likely N-dealkylation sites (N-methyl/N-ethyl adjacent to an activating group) is 1. The van der Waals surface area contributed by atoms with E-state index in [1.807, 2.05) is 30.3 Å². The van der Waals surface area contributed by atoms with Crippen LogP contribution in [0.4, 0.5) is 5.69 Å². The third-order valence-corrected chi connectivity index (χ3v) is 4.51. The Morgan fingerprint density at radius 3 is 2.62 bits per heavy atom. The van der Waals surface area contributed by atoms with Crippen molar-refractivity contribution in [2.24, 2.45) is 0 Å². The molecule has 0 radical (unpaired) electrons. The van der Waals surface area contributed by atoms with E-state index < -0.39 is 12.1 Å². The Morgan fingerprint density at radius 2 is 1.92 bits per heavy atom. The summed E-state index contributed by atoms with van der Waals surface area (Å²) in [4.78, 5) is 25.3. The molecular formula is C20H22N2O4. The molecule has 0 bridgehead atoms. The lowest BCUT2D eigenvalue weighted by Crippen LogP contribution is -2.49. The zero-order chi connectivity index (χ0) is 18.5. The second kappa shape index (κ2) is 8.12. The smallest absolute Gasteiger partial charge is 0.248 e. The molecule has 26 heavy (non-hydrogen) atoms. The van der Waals surface area contributed by atoms with E-state index in [0.29, 0.717) is 24.3 Å². The number of rotatable bonds is 5. The summed E-state index contributed by atoms with van der Waals surface area (Å²) in [6.45, 7) is 0.338. The van der Waals surface area contributed by atoms with E-state index in [0.717, 1.165) is 5.56 Å². The maximum Gasteiger partial charge on any atom is 0.248 e. The standard InChI is InChI=1S/C20H22N2O4/c1-22-17(12-26-13-19(22)24)20(25)15-7-9-16(10-8-15)21-18(23)11-14-5-3-2-4-6-14/h2-10,17,20,25H,11-13H2,1H3,(H,21,23). The minimum atomic E-state index is -0.849. The van der Waals surface area contributed by atoms with E-state index in [4.69, 9.17) is 4.74 Å². The summed E-state index contributed by atoms with van der Waals surface area (Å²) in [7, 11) is 1.66. The van der Waals surface area contributed by atoms with Crippen LogP contribution in [0.1, 0.15) is 17.2 Å². The van der Waals surface area contributed by atoms with Crippen LogP contribution in [-0.4, -0.2) is 48.1 Å². The maximum atomic E-state index is 12.1. The van der Waals surface area contributed by atoms with Gasteiger partial charge in [0.15, 0.2) is 0 Å². The Kier molecular flexibility index (Phi) is 5.65. The Labute approximate surface area is 152 Å². The van der Waals surface area contributed by atoms with Gasteiger partial charge in [0.1, 0.15) is 12.7 Å². The van der Waals surface area contributed by atoms with Crippen LogP contribution >= 0.6 is 0 Å². The topological polar surface area (TPSA) is 78.9 Å². The number of carbonyl (C=O) groups excluding carboxylic acids is 2. The van der Waals surface area contributed by atoms with Gasteiger partial charge in [-0.15, -0.1) is 0 Å². The molecule has 2 atom stereocenters. The molecule has 0 aliphatic carbocycles. The van der Waals surface area contributed by atoms with Gasteiger partial charge in [0.2, 0.25) is 11.8 Å². The summed E-state index contributed by atoms with van der Waals surface area (Å²) in [5.41, 5.74) is 2.27. The number of benzene rings is 2. The Balaban J connectivity index is 1.61. The second-order valence-corrected chi connectivity index (χ2v) is 6.36. The molecule has 1 fully saturated rings. The average molecular weight is 354 g/mol. The molecule has 2 aromatic rings. The SMILES string of the molecule is CN1C(=O)COCC1C(O)c1ccc(NC(=O)Cc2ccccc2)cc1. The number of nitrogens with one attached hydrogen (secondary N) is 1. The lowest BCUT2D eigenvalue weighted by molar-refractivity contribution is -0.151. The van der Waals surface area contributed by atoms with Crippen molar-refractivity contribution in [1.82, 2.24) is 4.90 Å². The van der Waals surface area contributed by atoms with Crippen LogP contribution in [0.15, 0.2) is 54.6 Å². The number of morpholine rings is 1. The van der Waals surface area contributed by atoms with Crippen molar-refractivity contribution in [1.29, 1.82) is 0 Å². The van der Waals surface area contributed by atoms with Gasteiger partial charge in [-0.3, -0.25) is 9.59 Å². The van der Waals surface area contributed by atoms with Gasteiger partial charge in [0.25, 0.3) is 0 Å². The fourth-order valence-corrected chi connectivity index (χ4v) is 2.94. The molecule has 1 aliphatic heterocycles. The molecule has 6 nitrogen and oxygen atoms in total. The van der Waals surface area contributed by atoms with Crippen LogP contribution in [0, 0.1) is 0 Å². The molecule has 6 heteroatoms. The van der Waals surface area contributed by atoms with Gasteiger partial charge < -0.3 is 20.1 Å². The van der Waals surface area contributed by atoms with E-state index in [2.05, 4.69) is 5.32 Å². The summed E-state index contributed by atoms with van der Waals surface area (Å²) >= 11 is 0. The molecule has 2 aromatic carbocycles. The number of nitrogens with zero attached hydrogens (tertiary/aromatic N) is 1. The number of aliphatic hydroxyl groups excluding tert-OH is 1. The molecule has 2 unspecified atom stereocenters. The molecule has 1 aliphatic rings. The fourth-order valence-electron chi connectivity index (χ4n) is 2.94. The monoisotopic (exact) mass is 354 g/mol. The zero-order valence-electron chi connectivity index (χ0n) is 14.6. The predicted molar refractivity (Wildman–Crippen MR) is 97.6 cm³/mol. The summed E-state index contributed by atoms with van der Waals surface area (Å²) in [6.07, 6.45) is -0.546. The molecule has 0 saturated carbocycles. The molecule has 1 heterocycles. The largest absolute Gasteiger partial charge is 0.386 e. The highest BCUT2D eigenvalue weighted by Crippen LogP contribution is 2.24. The first-order chi connectivity index (χ1) is 12.5. The minimum absolute atomic E-state index is 0.0477. The summed E-state index contributed by atoms with van der Waals surface area (Å²) in [6, 6.07) is 16.1. The molecule has 3 rings (SSSR count). The molecule has 2 N–H and O–H groups in total. The third kappa shape index (κ3) is 4.28. The number of carbonyl (C=O) groups is 2. The highest BCUT2D eigenvalue weighted by molar-refractivity contribution is 5.92. The first kappa shape index (κ1) is 18.1. The Morgan fingerprint density at radius 1 is 1.23 bits per heavy atom. The number of hydrogen-bond acceptors (Lipinski definition) is 4. The van der Waals surface area contributed by atoms with E-state index in [1.54, 1.807) is 31.3 Å². The van der Waals surface area contributed by atoms with E-state index in [9.17, 15) is 14.7 Å². The van der Waals surface area contributed by atoms with Gasteiger partial charge in [0.05, 0.1) is 19.1 Å². The Bertz CT molecular complexity index is 761. The third-order valence-electron chi connectivity index (χ3n) is 4.51. The molecule has 136 valence electrons. The van der Waals surface area contributed by atoms with Gasteiger partial charge in [-0.25, -0.2) is 0 Å². The number of amides is 2. The quantitative estimate of drug-likeness (QED) is 0.858. The van der Waals surface area contributed by atoms with Crippen molar-refractivity contribution in [3.63, 3.8) is 0 Å². The normalized spacial score (nSPS) is 18.5. The van der Waals surface area contributed by atoms with Crippen LogP contribution in [0.3, 0.4) is 0 Å². The summed E-state index contributed by atoms with van der Waals surface area (Å²) < 4.78 is 5.23. The minimum Gasteiger partial charge on any atom is -0.386 e. The molecule has 1 saturated heterocycles. The van der Waals surface area contributed by atoms with Crippen LogP contribution in [0.5, 0.6) is 0 Å². The number of ether oxygens (including phenoxy) is 1. The average Bonchev–Trinajstić information content (AvgIpc) is 2.65. The van der Waals surface area contributed by atoms with E-state index >= 15 is 0 Å². The zero-order valence-corrected chi connectivity index (χ0v) is 14.6. The van der Waals surface area contributed by atoms with Crippen molar-refractivity contribution in [3.05, 3.63) is 65.7 Å². The predicted octanol–water partition coefficient (Wildman–Crippen LogP) is 1.76. The van der Waals surface area contributed by atoms with Crippen molar-refractivity contribution < 1.29 is 19.4 Å². The van der Waals surface area contributed by atoms with Crippen molar-refractivity contribution in [2.75, 3.05) is 25.6 Å². The van der Waals surface area contributed by atoms with Gasteiger partial charge in [-0.1, -0.05) is 42.5 Å². The van der Waals surface area contributed by atoms with Crippen LogP contribution < -0.4 is 5.32 Å².